The van der Waals surface area contributed by atoms with E-state index in [1.807, 2.05) is 9.80 Å². The molecule has 170 valence electrons. The Balaban J connectivity index is 1.58. The van der Waals surface area contributed by atoms with Crippen molar-refractivity contribution in [3.63, 3.8) is 0 Å². The van der Waals surface area contributed by atoms with Crippen LogP contribution in [0.1, 0.15) is 31.1 Å². The van der Waals surface area contributed by atoms with E-state index in [0.717, 1.165) is 37.5 Å². The number of anilines is 2. The Kier molecular flexibility index (Phi) is 6.27. The molecule has 3 N–H and O–H groups in total. The summed E-state index contributed by atoms with van der Waals surface area (Å²) in [4.78, 5) is 25.6. The molecular weight excluding hydrogens is 428 g/mol. The first-order chi connectivity index (χ1) is 14.8. The molecular formula is C20H27F2N5O3S. The van der Waals surface area contributed by atoms with Crippen LogP contribution in [0.5, 0.6) is 0 Å². The van der Waals surface area contributed by atoms with Gasteiger partial charge in [0.1, 0.15) is 10.6 Å². The third kappa shape index (κ3) is 4.73. The van der Waals surface area contributed by atoms with Crippen LogP contribution >= 0.6 is 11.3 Å². The second-order valence-electron chi connectivity index (χ2n) is 8.25. The molecule has 1 saturated heterocycles. The molecule has 0 spiro atoms. The molecule has 1 saturated carbocycles. The number of alkyl halides is 2. The number of nitrogens with one attached hydrogen (secondary N) is 1. The van der Waals surface area contributed by atoms with Crippen LogP contribution in [0.15, 0.2) is 6.07 Å². The summed E-state index contributed by atoms with van der Waals surface area (Å²) in [5.74, 6) is -1.89. The van der Waals surface area contributed by atoms with E-state index in [1.165, 1.54) is 6.07 Å². The predicted octanol–water partition coefficient (Wildman–Crippen LogP) is 2.02. The van der Waals surface area contributed by atoms with Gasteiger partial charge in [0.05, 0.1) is 23.0 Å². The second kappa shape index (κ2) is 8.79. The largest absolute Gasteiger partial charge is 0.394 e. The SMILES string of the molecule is CC(F)(F)c1cc2c(N3CCN(C(=O)C4CCC4)CC3)nc(NC[C@@H](O)CO)nc2s1. The summed E-state index contributed by atoms with van der Waals surface area (Å²) < 4.78 is 27.9. The van der Waals surface area contributed by atoms with Gasteiger partial charge in [-0.05, 0) is 18.9 Å². The number of nitrogens with zero attached hydrogens (tertiary/aromatic N) is 4. The van der Waals surface area contributed by atoms with Crippen LogP contribution < -0.4 is 10.2 Å². The summed E-state index contributed by atoms with van der Waals surface area (Å²) in [6.07, 6.45) is 2.05. The van der Waals surface area contributed by atoms with E-state index < -0.39 is 18.6 Å². The highest BCUT2D eigenvalue weighted by atomic mass is 32.1. The number of hydrogen-bond donors (Lipinski definition) is 3. The Bertz CT molecular complexity index is 939. The van der Waals surface area contributed by atoms with Crippen LogP contribution in [0, 0.1) is 5.92 Å². The molecule has 2 aromatic rings. The van der Waals surface area contributed by atoms with Gasteiger partial charge in [0, 0.05) is 45.6 Å². The van der Waals surface area contributed by atoms with E-state index in [2.05, 4.69) is 15.3 Å². The van der Waals surface area contributed by atoms with Crippen molar-refractivity contribution in [2.24, 2.45) is 5.92 Å². The molecule has 1 aliphatic carbocycles. The van der Waals surface area contributed by atoms with Crippen molar-refractivity contribution in [3.8, 4) is 0 Å². The predicted molar refractivity (Wildman–Crippen MR) is 115 cm³/mol. The fraction of sp³-hybridized carbons (Fsp3) is 0.650. The van der Waals surface area contributed by atoms with E-state index in [9.17, 15) is 18.7 Å². The number of thiophene rings is 1. The summed E-state index contributed by atoms with van der Waals surface area (Å²) in [7, 11) is 0. The van der Waals surface area contributed by atoms with Gasteiger partial charge in [0.25, 0.3) is 5.92 Å². The number of carbonyl (C=O) groups excluding carboxylic acids is 1. The molecule has 1 aliphatic heterocycles. The summed E-state index contributed by atoms with van der Waals surface area (Å²) in [5, 5.41) is 22.0. The van der Waals surface area contributed by atoms with Crippen LogP contribution in [-0.2, 0) is 10.7 Å². The minimum atomic E-state index is -2.99. The molecule has 11 heteroatoms. The number of carbonyl (C=O) groups is 1. The first-order valence-corrected chi connectivity index (χ1v) is 11.3. The molecule has 31 heavy (non-hydrogen) atoms. The Morgan fingerprint density at radius 1 is 1.32 bits per heavy atom. The number of amides is 1. The average Bonchev–Trinajstić information content (AvgIpc) is 3.15. The van der Waals surface area contributed by atoms with Gasteiger partial charge in [-0.15, -0.1) is 11.3 Å². The number of hydrogen-bond acceptors (Lipinski definition) is 8. The van der Waals surface area contributed by atoms with Gasteiger partial charge in [0.2, 0.25) is 11.9 Å². The number of fused-ring (bicyclic) bond motifs is 1. The zero-order chi connectivity index (χ0) is 22.2. The highest BCUT2D eigenvalue weighted by molar-refractivity contribution is 7.18. The normalized spacial score (nSPS) is 18.9. The van der Waals surface area contributed by atoms with Crippen LogP contribution in [0.4, 0.5) is 20.5 Å². The van der Waals surface area contributed by atoms with Crippen molar-refractivity contribution in [1.82, 2.24) is 14.9 Å². The number of aliphatic hydroxyl groups excluding tert-OH is 2. The highest BCUT2D eigenvalue weighted by Gasteiger charge is 2.33. The van der Waals surface area contributed by atoms with Gasteiger partial charge < -0.3 is 25.3 Å². The lowest BCUT2D eigenvalue weighted by atomic mass is 9.84. The Morgan fingerprint density at radius 3 is 2.61 bits per heavy atom. The summed E-state index contributed by atoms with van der Waals surface area (Å²) >= 11 is 0.912. The van der Waals surface area contributed by atoms with Crippen LogP contribution in [-0.4, -0.2) is 76.4 Å². The van der Waals surface area contributed by atoms with E-state index in [-0.39, 0.29) is 29.2 Å². The summed E-state index contributed by atoms with van der Waals surface area (Å²) in [6.45, 7) is 2.71. The molecule has 2 fully saturated rings. The number of rotatable bonds is 7. The average molecular weight is 456 g/mol. The standard InChI is InChI=1S/C20H27F2N5O3S/c1-20(21,22)15-9-14-16(24-19(25-17(14)31-15)23-10-13(29)11-28)26-5-7-27(8-6-26)18(30)12-3-2-4-12/h9,12-13,28-29H,2-8,10-11H2,1H3,(H,23,24,25)/t13-/m1/s1. The molecule has 8 nitrogen and oxygen atoms in total. The highest BCUT2D eigenvalue weighted by Crippen LogP contribution is 2.39. The van der Waals surface area contributed by atoms with Gasteiger partial charge in [-0.3, -0.25) is 4.79 Å². The lowest BCUT2D eigenvalue weighted by Crippen LogP contribution is -2.51. The molecule has 0 radical (unpaired) electrons. The second-order valence-corrected chi connectivity index (χ2v) is 9.28. The molecule has 0 bridgehead atoms. The van der Waals surface area contributed by atoms with Crippen LogP contribution in [0.25, 0.3) is 10.2 Å². The lowest BCUT2D eigenvalue weighted by Gasteiger charge is -2.38. The smallest absolute Gasteiger partial charge is 0.279 e. The quantitative estimate of drug-likeness (QED) is 0.587. The maximum absolute atomic E-state index is 13.9. The molecule has 2 aliphatic rings. The minimum Gasteiger partial charge on any atom is -0.394 e. The van der Waals surface area contributed by atoms with Crippen molar-refractivity contribution in [2.75, 3.05) is 49.5 Å². The fourth-order valence-corrected chi connectivity index (χ4v) is 4.73. The van der Waals surface area contributed by atoms with E-state index in [1.54, 1.807) is 0 Å². The third-order valence-electron chi connectivity index (χ3n) is 5.86. The van der Waals surface area contributed by atoms with Crippen molar-refractivity contribution < 1.29 is 23.8 Å². The van der Waals surface area contributed by atoms with Gasteiger partial charge in [-0.2, -0.15) is 4.98 Å². The van der Waals surface area contributed by atoms with Gasteiger partial charge in [-0.25, -0.2) is 13.8 Å². The van der Waals surface area contributed by atoms with Crippen molar-refractivity contribution in [1.29, 1.82) is 0 Å². The summed E-state index contributed by atoms with van der Waals surface area (Å²) in [5.41, 5.74) is 0. The van der Waals surface area contributed by atoms with E-state index in [4.69, 9.17) is 5.11 Å². The molecule has 0 unspecified atom stereocenters. The Hall–Kier alpha value is -2.11. The van der Waals surface area contributed by atoms with Gasteiger partial charge in [-0.1, -0.05) is 6.42 Å². The minimum absolute atomic E-state index is 0.0350. The first-order valence-electron chi connectivity index (χ1n) is 10.5. The number of aromatic nitrogens is 2. The molecule has 1 atom stereocenters. The van der Waals surface area contributed by atoms with Crippen molar-refractivity contribution in [3.05, 3.63) is 10.9 Å². The zero-order valence-corrected chi connectivity index (χ0v) is 18.2. The lowest BCUT2D eigenvalue weighted by molar-refractivity contribution is -0.138. The molecule has 3 heterocycles. The third-order valence-corrected chi connectivity index (χ3v) is 7.06. The number of halogens is 2. The topological polar surface area (TPSA) is 102 Å². The molecule has 1 amide bonds. The molecule has 4 rings (SSSR count). The van der Waals surface area contributed by atoms with Crippen molar-refractivity contribution >= 4 is 39.2 Å². The molecule has 0 aromatic carbocycles. The zero-order valence-electron chi connectivity index (χ0n) is 17.4. The van der Waals surface area contributed by atoms with Gasteiger partial charge in [0.15, 0.2) is 0 Å². The van der Waals surface area contributed by atoms with E-state index in [0.29, 0.717) is 42.2 Å². The monoisotopic (exact) mass is 455 g/mol. The van der Waals surface area contributed by atoms with Crippen LogP contribution in [0.2, 0.25) is 0 Å². The summed E-state index contributed by atoms with van der Waals surface area (Å²) in [6, 6.07) is 1.44. The Morgan fingerprint density at radius 2 is 2.03 bits per heavy atom. The fourth-order valence-electron chi connectivity index (χ4n) is 3.77. The van der Waals surface area contributed by atoms with E-state index >= 15 is 0 Å². The maximum Gasteiger partial charge on any atom is 0.279 e. The van der Waals surface area contributed by atoms with Crippen LogP contribution in [0.3, 0.4) is 0 Å². The Labute approximate surface area is 182 Å². The van der Waals surface area contributed by atoms with Gasteiger partial charge >= 0.3 is 0 Å². The van der Waals surface area contributed by atoms with Crippen molar-refractivity contribution in [2.45, 2.75) is 38.2 Å². The molecule has 2 aromatic heterocycles. The number of piperazine rings is 1. The number of aliphatic hydroxyl groups is 2. The first kappa shape index (κ1) is 22.1. The maximum atomic E-state index is 13.9.